The molecule has 1 N–H and O–H groups in total. The Morgan fingerprint density at radius 2 is 2.18 bits per heavy atom. The number of para-hydroxylation sites is 1. The Morgan fingerprint density at radius 3 is 2.94 bits per heavy atom. The number of hydrogen-bond donors (Lipinski definition) is 1. The zero-order valence-electron chi connectivity index (χ0n) is 11.0. The standard InChI is InChI=1S/C15H23NO/c1-3-6-12-10-13-7-5-8-14(17-9-4-2)15(13)16-11-12/h5,7-8,12,16H,3-4,6,9-11H2,1-2H3. The number of rotatable bonds is 5. The van der Waals surface area contributed by atoms with Gasteiger partial charge in [0.05, 0.1) is 12.3 Å². The molecule has 0 bridgehead atoms. The molecular weight excluding hydrogens is 210 g/mol. The van der Waals surface area contributed by atoms with E-state index in [2.05, 4.69) is 37.4 Å². The Bertz CT molecular complexity index is 362. The van der Waals surface area contributed by atoms with E-state index >= 15 is 0 Å². The number of nitrogens with one attached hydrogen (secondary N) is 1. The molecule has 1 unspecified atom stereocenters. The van der Waals surface area contributed by atoms with Gasteiger partial charge in [-0.1, -0.05) is 32.4 Å². The monoisotopic (exact) mass is 233 g/mol. The van der Waals surface area contributed by atoms with Crippen LogP contribution in [0.1, 0.15) is 38.7 Å². The summed E-state index contributed by atoms with van der Waals surface area (Å²) >= 11 is 0. The van der Waals surface area contributed by atoms with E-state index in [9.17, 15) is 0 Å². The molecule has 1 heterocycles. The first-order valence-corrected chi connectivity index (χ1v) is 6.83. The SMILES string of the molecule is CCCOc1cccc2c1NCC(CCC)C2. The van der Waals surface area contributed by atoms with Crippen molar-refractivity contribution < 1.29 is 4.74 Å². The molecule has 0 aliphatic carbocycles. The van der Waals surface area contributed by atoms with Gasteiger partial charge < -0.3 is 10.1 Å². The summed E-state index contributed by atoms with van der Waals surface area (Å²) in [6.07, 6.45) is 4.84. The lowest BCUT2D eigenvalue weighted by Crippen LogP contribution is -2.23. The molecule has 0 amide bonds. The Morgan fingerprint density at radius 1 is 1.29 bits per heavy atom. The smallest absolute Gasteiger partial charge is 0.142 e. The van der Waals surface area contributed by atoms with E-state index in [-0.39, 0.29) is 0 Å². The Hall–Kier alpha value is -1.18. The van der Waals surface area contributed by atoms with E-state index < -0.39 is 0 Å². The summed E-state index contributed by atoms with van der Waals surface area (Å²) in [4.78, 5) is 0. The maximum absolute atomic E-state index is 5.79. The van der Waals surface area contributed by atoms with E-state index in [1.165, 1.54) is 30.5 Å². The van der Waals surface area contributed by atoms with Crippen molar-refractivity contribution in [1.82, 2.24) is 0 Å². The van der Waals surface area contributed by atoms with Gasteiger partial charge in [-0.15, -0.1) is 0 Å². The van der Waals surface area contributed by atoms with Gasteiger partial charge in [-0.3, -0.25) is 0 Å². The van der Waals surface area contributed by atoms with E-state index in [1.807, 2.05) is 0 Å². The predicted octanol–water partition coefficient (Wildman–Crippen LogP) is 3.86. The van der Waals surface area contributed by atoms with E-state index in [1.54, 1.807) is 0 Å². The highest BCUT2D eigenvalue weighted by atomic mass is 16.5. The van der Waals surface area contributed by atoms with Crippen molar-refractivity contribution in [3.05, 3.63) is 23.8 Å². The van der Waals surface area contributed by atoms with Crippen LogP contribution in [0.25, 0.3) is 0 Å². The van der Waals surface area contributed by atoms with Gasteiger partial charge in [0.15, 0.2) is 0 Å². The minimum absolute atomic E-state index is 0.786. The van der Waals surface area contributed by atoms with Crippen LogP contribution in [0.15, 0.2) is 18.2 Å². The van der Waals surface area contributed by atoms with Crippen molar-refractivity contribution in [1.29, 1.82) is 0 Å². The molecule has 1 aliphatic heterocycles. The van der Waals surface area contributed by atoms with Crippen LogP contribution in [0.2, 0.25) is 0 Å². The highest BCUT2D eigenvalue weighted by molar-refractivity contribution is 5.63. The summed E-state index contributed by atoms with van der Waals surface area (Å²) in [5, 5.41) is 3.55. The molecule has 0 fully saturated rings. The van der Waals surface area contributed by atoms with Gasteiger partial charge in [-0.2, -0.15) is 0 Å². The van der Waals surface area contributed by atoms with Crippen molar-refractivity contribution in [2.75, 3.05) is 18.5 Å². The lowest BCUT2D eigenvalue weighted by molar-refractivity contribution is 0.317. The molecule has 0 saturated carbocycles. The topological polar surface area (TPSA) is 21.3 Å². The molecule has 2 nitrogen and oxygen atoms in total. The Balaban J connectivity index is 2.11. The van der Waals surface area contributed by atoms with Crippen LogP contribution >= 0.6 is 0 Å². The molecule has 0 spiro atoms. The van der Waals surface area contributed by atoms with Crippen molar-refractivity contribution in [2.24, 2.45) is 5.92 Å². The number of benzene rings is 1. The third-order valence-electron chi connectivity index (χ3n) is 3.35. The van der Waals surface area contributed by atoms with Gasteiger partial charge in [-0.05, 0) is 36.8 Å². The van der Waals surface area contributed by atoms with Gasteiger partial charge in [0.25, 0.3) is 0 Å². The first kappa shape index (κ1) is 12.3. The minimum atomic E-state index is 0.786. The number of anilines is 1. The first-order chi connectivity index (χ1) is 8.35. The Kier molecular flexibility index (Phi) is 4.29. The third kappa shape index (κ3) is 2.93. The lowest BCUT2D eigenvalue weighted by Gasteiger charge is -2.27. The van der Waals surface area contributed by atoms with Crippen molar-refractivity contribution in [3.8, 4) is 5.75 Å². The molecule has 2 heteroatoms. The molecule has 1 aromatic carbocycles. The Labute approximate surface area is 104 Å². The number of fused-ring (bicyclic) bond motifs is 1. The van der Waals surface area contributed by atoms with Gasteiger partial charge in [0.2, 0.25) is 0 Å². The quantitative estimate of drug-likeness (QED) is 0.833. The van der Waals surface area contributed by atoms with Crippen LogP contribution in [0.3, 0.4) is 0 Å². The minimum Gasteiger partial charge on any atom is -0.491 e. The van der Waals surface area contributed by atoms with Crippen LogP contribution in [-0.2, 0) is 6.42 Å². The summed E-state index contributed by atoms with van der Waals surface area (Å²) in [5.41, 5.74) is 2.65. The molecular formula is C15H23NO. The molecule has 0 aromatic heterocycles. The van der Waals surface area contributed by atoms with Gasteiger partial charge in [-0.25, -0.2) is 0 Å². The van der Waals surface area contributed by atoms with Gasteiger partial charge >= 0.3 is 0 Å². The zero-order valence-corrected chi connectivity index (χ0v) is 11.0. The van der Waals surface area contributed by atoms with Gasteiger partial charge in [0, 0.05) is 6.54 Å². The highest BCUT2D eigenvalue weighted by Crippen LogP contribution is 2.34. The van der Waals surface area contributed by atoms with Crippen molar-refractivity contribution >= 4 is 5.69 Å². The second kappa shape index (κ2) is 5.95. The summed E-state index contributed by atoms with van der Waals surface area (Å²) in [6, 6.07) is 6.41. The first-order valence-electron chi connectivity index (χ1n) is 6.83. The third-order valence-corrected chi connectivity index (χ3v) is 3.35. The molecule has 2 rings (SSSR count). The lowest BCUT2D eigenvalue weighted by atomic mass is 9.90. The fraction of sp³-hybridized carbons (Fsp3) is 0.600. The zero-order chi connectivity index (χ0) is 12.1. The van der Waals surface area contributed by atoms with Crippen LogP contribution in [-0.4, -0.2) is 13.2 Å². The second-order valence-electron chi connectivity index (χ2n) is 4.88. The number of hydrogen-bond acceptors (Lipinski definition) is 2. The molecule has 1 aliphatic rings. The van der Waals surface area contributed by atoms with Crippen LogP contribution in [0.5, 0.6) is 5.75 Å². The molecule has 0 saturated heterocycles. The summed E-state index contributed by atoms with van der Waals surface area (Å²) in [7, 11) is 0. The van der Waals surface area contributed by atoms with E-state index in [0.717, 1.165) is 31.2 Å². The average molecular weight is 233 g/mol. The van der Waals surface area contributed by atoms with E-state index in [4.69, 9.17) is 4.74 Å². The van der Waals surface area contributed by atoms with Crippen molar-refractivity contribution in [2.45, 2.75) is 39.5 Å². The fourth-order valence-corrected chi connectivity index (χ4v) is 2.52. The number of ether oxygens (including phenoxy) is 1. The molecule has 1 aromatic rings. The van der Waals surface area contributed by atoms with Crippen LogP contribution in [0.4, 0.5) is 5.69 Å². The maximum atomic E-state index is 5.79. The second-order valence-corrected chi connectivity index (χ2v) is 4.88. The predicted molar refractivity (Wildman–Crippen MR) is 72.8 cm³/mol. The fourth-order valence-electron chi connectivity index (χ4n) is 2.52. The van der Waals surface area contributed by atoms with E-state index in [0.29, 0.717) is 0 Å². The summed E-state index contributed by atoms with van der Waals surface area (Å²) < 4.78 is 5.79. The van der Waals surface area contributed by atoms with Crippen LogP contribution in [0, 0.1) is 5.92 Å². The van der Waals surface area contributed by atoms with Crippen LogP contribution < -0.4 is 10.1 Å². The maximum Gasteiger partial charge on any atom is 0.142 e. The molecule has 1 atom stereocenters. The molecule has 17 heavy (non-hydrogen) atoms. The molecule has 0 radical (unpaired) electrons. The highest BCUT2D eigenvalue weighted by Gasteiger charge is 2.19. The van der Waals surface area contributed by atoms with Crippen molar-refractivity contribution in [3.63, 3.8) is 0 Å². The average Bonchev–Trinajstić information content (AvgIpc) is 2.36. The summed E-state index contributed by atoms with van der Waals surface area (Å²) in [5.74, 6) is 1.81. The van der Waals surface area contributed by atoms with Gasteiger partial charge in [0.1, 0.15) is 5.75 Å². The summed E-state index contributed by atoms with van der Waals surface area (Å²) in [6.45, 7) is 6.29. The largest absolute Gasteiger partial charge is 0.491 e. The normalized spacial score (nSPS) is 18.4. The molecule has 94 valence electrons.